The Morgan fingerprint density at radius 3 is 2.37 bits per heavy atom. The molecular formula is C27H36O8. The van der Waals surface area contributed by atoms with Crippen LogP contribution >= 0.6 is 0 Å². The molecule has 0 aromatic carbocycles. The van der Waals surface area contributed by atoms with Crippen LogP contribution in [0.25, 0.3) is 0 Å². The maximum Gasteiger partial charge on any atom is 0.344 e. The number of esters is 4. The van der Waals surface area contributed by atoms with Gasteiger partial charge in [0, 0.05) is 11.8 Å². The van der Waals surface area contributed by atoms with Crippen LogP contribution in [-0.4, -0.2) is 49.8 Å². The molecule has 8 nitrogen and oxygen atoms in total. The lowest BCUT2D eigenvalue weighted by molar-refractivity contribution is -0.174. The van der Waals surface area contributed by atoms with Crippen LogP contribution in [0.15, 0.2) is 0 Å². The Morgan fingerprint density at radius 1 is 0.914 bits per heavy atom. The van der Waals surface area contributed by atoms with Crippen molar-refractivity contribution in [2.45, 2.75) is 64.6 Å². The van der Waals surface area contributed by atoms with Gasteiger partial charge in [0.25, 0.3) is 0 Å². The Bertz CT molecular complexity index is 930. The van der Waals surface area contributed by atoms with Gasteiger partial charge in [0.1, 0.15) is 12.2 Å². The molecule has 13 unspecified atom stereocenters. The fourth-order valence-electron chi connectivity index (χ4n) is 9.69. The predicted molar refractivity (Wildman–Crippen MR) is 120 cm³/mol. The topological polar surface area (TPSA) is 105 Å². The van der Waals surface area contributed by atoms with Crippen LogP contribution in [0.1, 0.15) is 52.4 Å². The van der Waals surface area contributed by atoms with Gasteiger partial charge in [-0.05, 0) is 61.2 Å². The second-order valence-electron chi connectivity index (χ2n) is 11.8. The van der Waals surface area contributed by atoms with E-state index in [0.29, 0.717) is 30.1 Å². The second kappa shape index (κ2) is 8.48. The molecule has 0 radical (unpaired) electrons. The molecule has 35 heavy (non-hydrogen) atoms. The van der Waals surface area contributed by atoms with Crippen LogP contribution in [0, 0.1) is 65.1 Å². The van der Waals surface area contributed by atoms with Gasteiger partial charge in [0.05, 0.1) is 24.9 Å². The average Bonchev–Trinajstić information content (AvgIpc) is 3.66. The van der Waals surface area contributed by atoms with Gasteiger partial charge in [0.2, 0.25) is 0 Å². The number of ether oxygens (including phenoxy) is 4. The van der Waals surface area contributed by atoms with Gasteiger partial charge in [-0.1, -0.05) is 26.7 Å². The summed E-state index contributed by atoms with van der Waals surface area (Å²) in [6.45, 7) is 4.11. The third-order valence-electron chi connectivity index (χ3n) is 10.8. The summed E-state index contributed by atoms with van der Waals surface area (Å²) in [6.07, 6.45) is 5.02. The minimum atomic E-state index is -0.698. The van der Waals surface area contributed by atoms with Crippen molar-refractivity contribution < 1.29 is 38.1 Å². The molecule has 0 N–H and O–H groups in total. The van der Waals surface area contributed by atoms with E-state index in [0.717, 1.165) is 31.1 Å². The highest BCUT2D eigenvalue weighted by Gasteiger charge is 2.70. The summed E-state index contributed by atoms with van der Waals surface area (Å²) in [5.41, 5.74) is 0. The molecule has 0 aromatic rings. The third-order valence-corrected chi connectivity index (χ3v) is 10.8. The van der Waals surface area contributed by atoms with Crippen molar-refractivity contribution in [2.24, 2.45) is 65.1 Å². The number of carbonyl (C=O) groups excluding carboxylic acids is 4. The number of carbonyl (C=O) groups is 4. The van der Waals surface area contributed by atoms with Crippen LogP contribution in [-0.2, 0) is 38.1 Å². The fraction of sp³-hybridized carbons (Fsp3) is 0.852. The van der Waals surface area contributed by atoms with Crippen molar-refractivity contribution in [2.75, 3.05) is 13.7 Å². The predicted octanol–water partition coefficient (Wildman–Crippen LogP) is 2.77. The first-order valence-electron chi connectivity index (χ1n) is 13.5. The molecule has 1 aliphatic heterocycles. The van der Waals surface area contributed by atoms with E-state index in [9.17, 15) is 19.2 Å². The zero-order valence-electron chi connectivity index (χ0n) is 20.7. The fourth-order valence-corrected chi connectivity index (χ4v) is 9.69. The minimum Gasteiger partial charge on any atom is -0.469 e. The summed E-state index contributed by atoms with van der Waals surface area (Å²) in [7, 11) is 1.29. The Hall–Kier alpha value is -2.12. The molecule has 5 aliphatic carbocycles. The first-order chi connectivity index (χ1) is 16.9. The Balaban J connectivity index is 1.06. The molecule has 13 atom stereocenters. The van der Waals surface area contributed by atoms with Gasteiger partial charge >= 0.3 is 23.9 Å². The van der Waals surface area contributed by atoms with Gasteiger partial charge in [0.15, 0.2) is 6.61 Å². The van der Waals surface area contributed by atoms with Crippen molar-refractivity contribution in [3.8, 4) is 0 Å². The molecule has 0 aromatic heterocycles. The van der Waals surface area contributed by atoms with E-state index >= 15 is 0 Å². The zero-order valence-corrected chi connectivity index (χ0v) is 20.7. The molecule has 6 rings (SSSR count). The van der Waals surface area contributed by atoms with Crippen molar-refractivity contribution in [3.63, 3.8) is 0 Å². The van der Waals surface area contributed by atoms with Crippen LogP contribution in [0.4, 0.5) is 0 Å². The number of hydrogen-bond donors (Lipinski definition) is 0. The number of methoxy groups -OCH3 is 1. The Kier molecular flexibility index (Phi) is 5.64. The van der Waals surface area contributed by atoms with Crippen molar-refractivity contribution >= 4 is 23.9 Å². The number of fused-ring (bicyclic) bond motifs is 6. The Morgan fingerprint density at radius 2 is 1.66 bits per heavy atom. The highest BCUT2D eigenvalue weighted by atomic mass is 16.6. The Labute approximate surface area is 205 Å². The molecule has 4 bridgehead atoms. The quantitative estimate of drug-likeness (QED) is 0.398. The summed E-state index contributed by atoms with van der Waals surface area (Å²) < 4.78 is 21.5. The lowest BCUT2D eigenvalue weighted by Gasteiger charge is -2.34. The summed E-state index contributed by atoms with van der Waals surface area (Å²) >= 11 is 0. The van der Waals surface area contributed by atoms with Crippen molar-refractivity contribution in [3.05, 3.63) is 0 Å². The van der Waals surface area contributed by atoms with Crippen molar-refractivity contribution in [1.29, 1.82) is 0 Å². The van der Waals surface area contributed by atoms with Gasteiger partial charge in [-0.25, -0.2) is 4.79 Å². The smallest absolute Gasteiger partial charge is 0.344 e. The number of hydrogen-bond acceptors (Lipinski definition) is 8. The van der Waals surface area contributed by atoms with Crippen molar-refractivity contribution in [1.82, 2.24) is 0 Å². The van der Waals surface area contributed by atoms with Gasteiger partial charge in [-0.15, -0.1) is 0 Å². The maximum atomic E-state index is 13.0. The molecule has 0 spiro atoms. The first kappa shape index (κ1) is 23.3. The monoisotopic (exact) mass is 488 g/mol. The summed E-state index contributed by atoms with van der Waals surface area (Å²) in [5.74, 6) is 0.266. The van der Waals surface area contributed by atoms with Crippen LogP contribution in [0.5, 0.6) is 0 Å². The zero-order chi connectivity index (χ0) is 24.6. The van der Waals surface area contributed by atoms with E-state index in [1.807, 2.05) is 0 Å². The van der Waals surface area contributed by atoms with E-state index in [2.05, 4.69) is 13.8 Å². The standard InChI is InChI=1S/C27H36O8/c1-4-11-6-12(5-2)20-14-7-13(19(11)20)8-15(14)25(29)33-10-18(28)34-23-16-9-17-22(21(16)26(30)32-3)27(31)35-24(17)23/h11-17,19-24H,4-10H2,1-3H3. The molecule has 5 saturated carbocycles. The van der Waals surface area contributed by atoms with Gasteiger partial charge in [-0.2, -0.15) is 0 Å². The molecule has 6 fully saturated rings. The van der Waals surface area contributed by atoms with Gasteiger partial charge in [-0.3, -0.25) is 14.4 Å². The lowest BCUT2D eigenvalue weighted by atomic mass is 9.70. The van der Waals surface area contributed by atoms with E-state index < -0.39 is 48.6 Å². The molecule has 192 valence electrons. The van der Waals surface area contributed by atoms with E-state index in [4.69, 9.17) is 18.9 Å². The van der Waals surface area contributed by atoms with Crippen LogP contribution in [0.2, 0.25) is 0 Å². The third kappa shape index (κ3) is 3.30. The van der Waals surface area contributed by atoms with E-state index in [1.165, 1.54) is 20.0 Å². The lowest BCUT2D eigenvalue weighted by Crippen LogP contribution is -2.44. The van der Waals surface area contributed by atoms with Gasteiger partial charge < -0.3 is 18.9 Å². The highest BCUT2D eigenvalue weighted by Crippen LogP contribution is 2.65. The minimum absolute atomic E-state index is 0.124. The molecular weight excluding hydrogens is 452 g/mol. The maximum absolute atomic E-state index is 13.0. The molecule has 1 heterocycles. The molecule has 6 aliphatic rings. The van der Waals surface area contributed by atoms with Crippen LogP contribution in [0.3, 0.4) is 0 Å². The molecule has 1 saturated heterocycles. The normalized spacial score (nSPS) is 48.1. The summed E-state index contributed by atoms with van der Waals surface area (Å²) in [5, 5.41) is 0. The largest absolute Gasteiger partial charge is 0.469 e. The number of rotatable bonds is 7. The average molecular weight is 489 g/mol. The second-order valence-corrected chi connectivity index (χ2v) is 11.8. The summed E-state index contributed by atoms with van der Waals surface area (Å²) in [4.78, 5) is 50.3. The summed E-state index contributed by atoms with van der Waals surface area (Å²) in [6, 6.07) is 0. The highest BCUT2D eigenvalue weighted by molar-refractivity contribution is 5.86. The van der Waals surface area contributed by atoms with E-state index in [1.54, 1.807) is 0 Å². The molecule has 0 amide bonds. The SMILES string of the molecule is CCC1CC(CC)C2C3CC(CC3C(=O)OCC(=O)OC3C4CC5C3OC(=O)C5C4C(=O)OC)C12. The molecule has 8 heteroatoms. The van der Waals surface area contributed by atoms with E-state index in [-0.39, 0.29) is 23.7 Å². The first-order valence-corrected chi connectivity index (χ1v) is 13.5. The van der Waals surface area contributed by atoms with Crippen LogP contribution < -0.4 is 0 Å².